The van der Waals surface area contributed by atoms with Crippen molar-refractivity contribution in [3.63, 3.8) is 0 Å². The maximum Gasteiger partial charge on any atom is 0.170 e. The van der Waals surface area contributed by atoms with Gasteiger partial charge in [-0.25, -0.2) is 0 Å². The lowest BCUT2D eigenvalue weighted by atomic mass is 10.0. The van der Waals surface area contributed by atoms with E-state index in [1.54, 1.807) is 13.3 Å². The van der Waals surface area contributed by atoms with E-state index in [0.29, 0.717) is 11.7 Å². The van der Waals surface area contributed by atoms with Crippen molar-refractivity contribution in [2.45, 2.75) is 25.6 Å². The van der Waals surface area contributed by atoms with Crippen LogP contribution in [0.25, 0.3) is 0 Å². The molecule has 4 rings (SSSR count). The summed E-state index contributed by atoms with van der Waals surface area (Å²) in [6.45, 7) is 2.62. The first-order valence-corrected chi connectivity index (χ1v) is 9.24. The molecule has 1 N–H and O–H groups in total. The zero-order chi connectivity index (χ0) is 18.8. The zero-order valence-electron chi connectivity index (χ0n) is 15.3. The number of furan rings is 1. The molecule has 0 amide bonds. The summed E-state index contributed by atoms with van der Waals surface area (Å²) in [5.74, 6) is 2.60. The zero-order valence-corrected chi connectivity index (χ0v) is 16.1. The highest BCUT2D eigenvalue weighted by Crippen LogP contribution is 2.40. The summed E-state index contributed by atoms with van der Waals surface area (Å²) in [7, 11) is 1.67. The fraction of sp³-hybridized carbons (Fsp3) is 0.238. The average molecular weight is 379 g/mol. The van der Waals surface area contributed by atoms with Crippen LogP contribution >= 0.6 is 12.2 Å². The Bertz CT molecular complexity index is 924. The molecule has 0 spiro atoms. The number of rotatable bonds is 5. The van der Waals surface area contributed by atoms with Gasteiger partial charge in [-0.05, 0) is 61.1 Å². The number of hydrogen-bond donors (Lipinski definition) is 1. The molecule has 27 heavy (non-hydrogen) atoms. The number of aromatic nitrogens is 1. The van der Waals surface area contributed by atoms with Gasteiger partial charge >= 0.3 is 0 Å². The molecule has 0 bridgehead atoms. The van der Waals surface area contributed by atoms with Gasteiger partial charge in [0.15, 0.2) is 5.11 Å². The van der Waals surface area contributed by atoms with Crippen LogP contribution in [0.15, 0.2) is 65.2 Å². The van der Waals surface area contributed by atoms with Crippen LogP contribution in [0.1, 0.15) is 34.9 Å². The number of thiocarbonyl (C=S) groups is 1. The van der Waals surface area contributed by atoms with Gasteiger partial charge in [-0.3, -0.25) is 4.98 Å². The third kappa shape index (κ3) is 3.53. The van der Waals surface area contributed by atoms with Crippen molar-refractivity contribution in [3.05, 3.63) is 83.6 Å². The highest BCUT2D eigenvalue weighted by molar-refractivity contribution is 7.80. The molecular weight excluding hydrogens is 358 g/mol. The summed E-state index contributed by atoms with van der Waals surface area (Å²) in [6, 6.07) is 17.8. The second kappa shape index (κ2) is 7.40. The van der Waals surface area contributed by atoms with Gasteiger partial charge in [-0.1, -0.05) is 18.2 Å². The van der Waals surface area contributed by atoms with E-state index in [1.807, 2.05) is 49.4 Å². The Kier molecular flexibility index (Phi) is 4.81. The third-order valence-corrected chi connectivity index (χ3v) is 5.11. The van der Waals surface area contributed by atoms with Crippen LogP contribution in [-0.4, -0.2) is 22.1 Å². The molecule has 1 aliphatic rings. The summed E-state index contributed by atoms with van der Waals surface area (Å²) >= 11 is 5.67. The van der Waals surface area contributed by atoms with Crippen molar-refractivity contribution in [1.82, 2.24) is 15.2 Å². The Morgan fingerprint density at radius 2 is 1.96 bits per heavy atom. The van der Waals surface area contributed by atoms with E-state index in [0.717, 1.165) is 28.5 Å². The fourth-order valence-electron chi connectivity index (χ4n) is 3.42. The molecule has 2 aromatic heterocycles. The van der Waals surface area contributed by atoms with Gasteiger partial charge in [0.25, 0.3) is 0 Å². The average Bonchev–Trinajstić information content (AvgIpc) is 3.26. The van der Waals surface area contributed by atoms with Crippen LogP contribution in [0.4, 0.5) is 0 Å². The van der Waals surface area contributed by atoms with E-state index in [1.165, 1.54) is 0 Å². The van der Waals surface area contributed by atoms with Crippen LogP contribution in [0.2, 0.25) is 0 Å². The molecule has 2 atom stereocenters. The molecule has 3 heterocycles. The summed E-state index contributed by atoms with van der Waals surface area (Å²) < 4.78 is 11.2. The van der Waals surface area contributed by atoms with Crippen LogP contribution in [0, 0.1) is 6.92 Å². The minimum atomic E-state index is -0.0671. The quantitative estimate of drug-likeness (QED) is 0.672. The van der Waals surface area contributed by atoms with E-state index in [4.69, 9.17) is 21.4 Å². The lowest BCUT2D eigenvalue weighted by Crippen LogP contribution is -2.29. The molecule has 1 aliphatic heterocycles. The molecule has 3 aromatic rings. The van der Waals surface area contributed by atoms with Gasteiger partial charge < -0.3 is 19.4 Å². The van der Waals surface area contributed by atoms with Crippen LogP contribution in [0.3, 0.4) is 0 Å². The predicted octanol–water partition coefficient (Wildman–Crippen LogP) is 4.16. The standard InChI is InChI=1S/C21H21N3O2S/c1-14-6-11-18(26-14)20-19(17-5-3-4-12-22-17)23-21(27)24(20)13-15-7-9-16(25-2)10-8-15/h3-12,19-20H,13H2,1-2H3,(H,23,27)/t19-,20-/m1/s1. The van der Waals surface area contributed by atoms with E-state index in [2.05, 4.69) is 27.3 Å². The van der Waals surface area contributed by atoms with Crippen molar-refractivity contribution < 1.29 is 9.15 Å². The van der Waals surface area contributed by atoms with Gasteiger partial charge in [0.2, 0.25) is 0 Å². The van der Waals surface area contributed by atoms with Crippen molar-refractivity contribution in [1.29, 1.82) is 0 Å². The van der Waals surface area contributed by atoms with Crippen molar-refractivity contribution in [3.8, 4) is 5.75 Å². The summed E-state index contributed by atoms with van der Waals surface area (Å²) in [5.41, 5.74) is 2.09. The minimum Gasteiger partial charge on any atom is -0.497 e. The summed E-state index contributed by atoms with van der Waals surface area (Å²) in [6.07, 6.45) is 1.80. The van der Waals surface area contributed by atoms with Gasteiger partial charge in [0.1, 0.15) is 23.3 Å². The second-order valence-corrected chi connectivity index (χ2v) is 6.94. The monoisotopic (exact) mass is 379 g/mol. The van der Waals surface area contributed by atoms with Gasteiger partial charge in [0, 0.05) is 12.7 Å². The Labute approximate surface area is 164 Å². The lowest BCUT2D eigenvalue weighted by molar-refractivity contribution is 0.264. The highest BCUT2D eigenvalue weighted by Gasteiger charge is 2.41. The molecule has 6 heteroatoms. The Morgan fingerprint density at radius 3 is 2.59 bits per heavy atom. The van der Waals surface area contributed by atoms with Crippen LogP contribution < -0.4 is 10.1 Å². The topological polar surface area (TPSA) is 50.5 Å². The van der Waals surface area contributed by atoms with Crippen molar-refractivity contribution in [2.24, 2.45) is 0 Å². The van der Waals surface area contributed by atoms with Gasteiger partial charge in [-0.15, -0.1) is 0 Å². The first-order valence-electron chi connectivity index (χ1n) is 8.83. The first-order chi connectivity index (χ1) is 13.2. The molecule has 1 aromatic carbocycles. The number of ether oxygens (including phenoxy) is 1. The van der Waals surface area contributed by atoms with E-state index in [-0.39, 0.29) is 12.1 Å². The number of methoxy groups -OCH3 is 1. The van der Waals surface area contributed by atoms with Crippen LogP contribution in [-0.2, 0) is 6.54 Å². The number of hydrogen-bond acceptors (Lipinski definition) is 4. The molecule has 0 radical (unpaired) electrons. The molecule has 0 aliphatic carbocycles. The maximum absolute atomic E-state index is 5.98. The predicted molar refractivity (Wildman–Crippen MR) is 107 cm³/mol. The minimum absolute atomic E-state index is 0.0665. The summed E-state index contributed by atoms with van der Waals surface area (Å²) in [5, 5.41) is 4.13. The number of benzene rings is 1. The number of aryl methyl sites for hydroxylation is 1. The second-order valence-electron chi connectivity index (χ2n) is 6.55. The first kappa shape index (κ1) is 17.5. The van der Waals surface area contributed by atoms with Crippen LogP contribution in [0.5, 0.6) is 5.75 Å². The fourth-order valence-corrected chi connectivity index (χ4v) is 3.73. The number of pyridine rings is 1. The molecule has 138 valence electrons. The maximum atomic E-state index is 5.98. The molecule has 1 saturated heterocycles. The highest BCUT2D eigenvalue weighted by atomic mass is 32.1. The normalized spacial score (nSPS) is 19.2. The number of nitrogens with one attached hydrogen (secondary N) is 1. The molecular formula is C21H21N3O2S. The molecule has 0 saturated carbocycles. The van der Waals surface area contributed by atoms with Gasteiger partial charge in [0.05, 0.1) is 18.8 Å². The van der Waals surface area contributed by atoms with E-state index < -0.39 is 0 Å². The molecule has 1 fully saturated rings. The van der Waals surface area contributed by atoms with Crippen molar-refractivity contribution >= 4 is 17.3 Å². The Hall–Kier alpha value is -2.86. The van der Waals surface area contributed by atoms with E-state index >= 15 is 0 Å². The van der Waals surface area contributed by atoms with E-state index in [9.17, 15) is 0 Å². The third-order valence-electron chi connectivity index (χ3n) is 4.76. The smallest absolute Gasteiger partial charge is 0.170 e. The Balaban J connectivity index is 1.68. The largest absolute Gasteiger partial charge is 0.497 e. The lowest BCUT2D eigenvalue weighted by Gasteiger charge is -2.26. The van der Waals surface area contributed by atoms with Gasteiger partial charge in [-0.2, -0.15) is 0 Å². The van der Waals surface area contributed by atoms with Crippen molar-refractivity contribution in [2.75, 3.05) is 7.11 Å². The summed E-state index contributed by atoms with van der Waals surface area (Å²) in [4.78, 5) is 6.70. The Morgan fingerprint density at radius 1 is 1.15 bits per heavy atom. The number of nitrogens with zero attached hydrogens (tertiary/aromatic N) is 2. The SMILES string of the molecule is COc1ccc(CN2C(=S)N[C@H](c3ccccn3)[C@H]2c2ccc(C)o2)cc1. The molecule has 5 nitrogen and oxygen atoms in total. The molecule has 0 unspecified atom stereocenters.